The first-order valence-corrected chi connectivity index (χ1v) is 6.40. The highest BCUT2D eigenvalue weighted by Gasteiger charge is 2.29. The number of hydrogen-bond acceptors (Lipinski definition) is 1. The SMILES string of the molecule is CC(C)(O)c1cc2ccccc2n1C1CCC1. The molecule has 1 aromatic heterocycles. The molecular weight excluding hydrogens is 210 g/mol. The van der Waals surface area contributed by atoms with Crippen molar-refractivity contribution < 1.29 is 5.11 Å². The second-order valence-corrected chi connectivity index (χ2v) is 5.60. The van der Waals surface area contributed by atoms with Crippen molar-refractivity contribution in [2.24, 2.45) is 0 Å². The van der Waals surface area contributed by atoms with Crippen LogP contribution in [-0.2, 0) is 5.60 Å². The summed E-state index contributed by atoms with van der Waals surface area (Å²) in [6.07, 6.45) is 3.78. The molecule has 0 aliphatic heterocycles. The second kappa shape index (κ2) is 3.61. The molecular formula is C15H19NO. The number of fused-ring (bicyclic) bond motifs is 1. The van der Waals surface area contributed by atoms with Gasteiger partial charge >= 0.3 is 0 Å². The molecule has 0 spiro atoms. The largest absolute Gasteiger partial charge is 0.384 e. The van der Waals surface area contributed by atoms with Gasteiger partial charge in [-0.05, 0) is 50.6 Å². The van der Waals surface area contributed by atoms with Crippen LogP contribution in [0.5, 0.6) is 0 Å². The van der Waals surface area contributed by atoms with Gasteiger partial charge in [-0.2, -0.15) is 0 Å². The Kier molecular flexibility index (Phi) is 2.30. The minimum absolute atomic E-state index is 0.580. The van der Waals surface area contributed by atoms with Gasteiger partial charge in [0.25, 0.3) is 0 Å². The molecule has 1 aliphatic carbocycles. The maximum Gasteiger partial charge on any atom is 0.0989 e. The van der Waals surface area contributed by atoms with Gasteiger partial charge in [0.05, 0.1) is 11.3 Å². The monoisotopic (exact) mass is 229 g/mol. The fourth-order valence-corrected chi connectivity index (χ4v) is 2.69. The summed E-state index contributed by atoms with van der Waals surface area (Å²) >= 11 is 0. The Bertz CT molecular complexity index is 544. The van der Waals surface area contributed by atoms with Gasteiger partial charge in [0.1, 0.15) is 0 Å². The van der Waals surface area contributed by atoms with E-state index in [0.29, 0.717) is 6.04 Å². The van der Waals surface area contributed by atoms with Gasteiger partial charge in [0, 0.05) is 11.6 Å². The summed E-state index contributed by atoms with van der Waals surface area (Å²) in [7, 11) is 0. The smallest absolute Gasteiger partial charge is 0.0989 e. The zero-order valence-electron chi connectivity index (χ0n) is 10.5. The van der Waals surface area contributed by atoms with Crippen LogP contribution in [0.4, 0.5) is 0 Å². The van der Waals surface area contributed by atoms with Gasteiger partial charge in [0.2, 0.25) is 0 Å². The summed E-state index contributed by atoms with van der Waals surface area (Å²) in [5, 5.41) is 11.6. The van der Waals surface area contributed by atoms with Crippen molar-refractivity contribution in [2.75, 3.05) is 0 Å². The van der Waals surface area contributed by atoms with Gasteiger partial charge < -0.3 is 9.67 Å². The number of aliphatic hydroxyl groups is 1. The van der Waals surface area contributed by atoms with E-state index in [9.17, 15) is 5.11 Å². The number of rotatable bonds is 2. The normalized spacial score (nSPS) is 17.4. The Morgan fingerprint density at radius 1 is 1.24 bits per heavy atom. The second-order valence-electron chi connectivity index (χ2n) is 5.60. The topological polar surface area (TPSA) is 25.2 Å². The van der Waals surface area contributed by atoms with Crippen LogP contribution in [0.1, 0.15) is 44.8 Å². The standard InChI is InChI=1S/C15H19NO/c1-15(2,17)14-10-11-6-3-4-9-13(11)16(14)12-7-5-8-12/h3-4,6,9-10,12,17H,5,7-8H2,1-2H3. The maximum atomic E-state index is 10.3. The Labute approximate surface area is 102 Å². The Hall–Kier alpha value is -1.28. The third kappa shape index (κ3) is 1.67. The molecule has 2 heteroatoms. The zero-order chi connectivity index (χ0) is 12.0. The van der Waals surface area contributed by atoms with Crippen molar-refractivity contribution in [2.45, 2.75) is 44.8 Å². The summed E-state index contributed by atoms with van der Waals surface area (Å²) in [5.41, 5.74) is 1.53. The molecule has 1 heterocycles. The van der Waals surface area contributed by atoms with Gasteiger partial charge in [0.15, 0.2) is 0 Å². The number of aromatic nitrogens is 1. The number of benzene rings is 1. The summed E-state index contributed by atoms with van der Waals surface area (Å²) in [4.78, 5) is 0. The van der Waals surface area contributed by atoms with Crippen LogP contribution in [0, 0.1) is 0 Å². The first-order valence-electron chi connectivity index (χ1n) is 6.40. The van der Waals surface area contributed by atoms with Crippen LogP contribution >= 0.6 is 0 Å². The molecule has 0 amide bonds. The average Bonchev–Trinajstić information content (AvgIpc) is 2.55. The van der Waals surface area contributed by atoms with Gasteiger partial charge in [-0.25, -0.2) is 0 Å². The molecule has 1 N–H and O–H groups in total. The van der Waals surface area contributed by atoms with Gasteiger partial charge in [-0.3, -0.25) is 0 Å². The molecule has 17 heavy (non-hydrogen) atoms. The van der Waals surface area contributed by atoms with Crippen LogP contribution in [0.15, 0.2) is 30.3 Å². The molecule has 0 radical (unpaired) electrons. The third-order valence-corrected chi connectivity index (χ3v) is 3.81. The summed E-state index contributed by atoms with van der Waals surface area (Å²) < 4.78 is 2.35. The minimum Gasteiger partial charge on any atom is -0.384 e. The zero-order valence-corrected chi connectivity index (χ0v) is 10.5. The molecule has 1 aliphatic rings. The van der Waals surface area contributed by atoms with Crippen molar-refractivity contribution in [3.63, 3.8) is 0 Å². The molecule has 1 aromatic carbocycles. The lowest BCUT2D eigenvalue weighted by Crippen LogP contribution is -2.26. The molecule has 0 bridgehead atoms. The van der Waals surface area contributed by atoms with Crippen LogP contribution in [0.3, 0.4) is 0 Å². The number of hydrogen-bond donors (Lipinski definition) is 1. The van der Waals surface area contributed by atoms with Crippen molar-refractivity contribution in [1.29, 1.82) is 0 Å². The summed E-state index contributed by atoms with van der Waals surface area (Å²) in [6.45, 7) is 3.74. The van der Waals surface area contributed by atoms with E-state index < -0.39 is 5.60 Å². The summed E-state index contributed by atoms with van der Waals surface area (Å²) in [5.74, 6) is 0. The van der Waals surface area contributed by atoms with Crippen LogP contribution < -0.4 is 0 Å². The molecule has 0 atom stereocenters. The predicted octanol–water partition coefficient (Wildman–Crippen LogP) is 3.59. The Morgan fingerprint density at radius 3 is 2.53 bits per heavy atom. The van der Waals surface area contributed by atoms with Crippen molar-refractivity contribution >= 4 is 10.9 Å². The lowest BCUT2D eigenvalue weighted by atomic mass is 9.91. The van der Waals surface area contributed by atoms with Crippen molar-refractivity contribution in [3.8, 4) is 0 Å². The van der Waals surface area contributed by atoms with Gasteiger partial charge in [-0.1, -0.05) is 18.2 Å². The van der Waals surface area contributed by atoms with E-state index in [4.69, 9.17) is 0 Å². The fraction of sp³-hybridized carbons (Fsp3) is 0.467. The minimum atomic E-state index is -0.769. The van der Waals surface area contributed by atoms with E-state index in [1.54, 1.807) is 0 Å². The highest BCUT2D eigenvalue weighted by atomic mass is 16.3. The average molecular weight is 229 g/mol. The first-order chi connectivity index (χ1) is 8.07. The Balaban J connectivity index is 2.25. The maximum absolute atomic E-state index is 10.3. The molecule has 1 fully saturated rings. The molecule has 1 saturated carbocycles. The number of nitrogens with zero attached hydrogens (tertiary/aromatic N) is 1. The molecule has 3 rings (SSSR count). The number of para-hydroxylation sites is 1. The summed E-state index contributed by atoms with van der Waals surface area (Å²) in [6, 6.07) is 11.1. The van der Waals surface area contributed by atoms with E-state index in [0.717, 1.165) is 5.69 Å². The van der Waals surface area contributed by atoms with Gasteiger partial charge in [-0.15, -0.1) is 0 Å². The fourth-order valence-electron chi connectivity index (χ4n) is 2.69. The first kappa shape index (κ1) is 10.8. The molecule has 90 valence electrons. The van der Waals surface area contributed by atoms with Crippen LogP contribution in [0.2, 0.25) is 0 Å². The van der Waals surface area contributed by atoms with Crippen molar-refractivity contribution in [1.82, 2.24) is 4.57 Å². The van der Waals surface area contributed by atoms with E-state index in [-0.39, 0.29) is 0 Å². The van der Waals surface area contributed by atoms with E-state index in [1.165, 1.54) is 30.2 Å². The lowest BCUT2D eigenvalue weighted by molar-refractivity contribution is 0.0660. The van der Waals surface area contributed by atoms with Crippen LogP contribution in [-0.4, -0.2) is 9.67 Å². The molecule has 2 aromatic rings. The highest BCUT2D eigenvalue weighted by molar-refractivity contribution is 5.81. The highest BCUT2D eigenvalue weighted by Crippen LogP contribution is 2.39. The van der Waals surface area contributed by atoms with Crippen LogP contribution in [0.25, 0.3) is 10.9 Å². The van der Waals surface area contributed by atoms with E-state index in [1.807, 2.05) is 13.8 Å². The molecule has 0 unspecified atom stereocenters. The lowest BCUT2D eigenvalue weighted by Gasteiger charge is -2.33. The van der Waals surface area contributed by atoms with E-state index >= 15 is 0 Å². The molecule has 2 nitrogen and oxygen atoms in total. The third-order valence-electron chi connectivity index (χ3n) is 3.81. The Morgan fingerprint density at radius 2 is 1.94 bits per heavy atom. The van der Waals surface area contributed by atoms with E-state index in [2.05, 4.69) is 34.9 Å². The quantitative estimate of drug-likeness (QED) is 0.836. The predicted molar refractivity (Wildman–Crippen MR) is 70.1 cm³/mol. The van der Waals surface area contributed by atoms with Crippen molar-refractivity contribution in [3.05, 3.63) is 36.0 Å². The molecule has 0 saturated heterocycles.